The smallest absolute Gasteiger partial charge is 0.137 e. The zero-order chi connectivity index (χ0) is 43.1. The van der Waals surface area contributed by atoms with Crippen LogP contribution in [0.5, 0.6) is 0 Å². The van der Waals surface area contributed by atoms with Crippen molar-refractivity contribution >= 4 is 0 Å². The third kappa shape index (κ3) is 15.1. The van der Waals surface area contributed by atoms with Gasteiger partial charge in [0.05, 0.1) is 0 Å². The van der Waals surface area contributed by atoms with Crippen molar-refractivity contribution < 1.29 is 0 Å². The standard InChI is InChI=1S/C17H29N.C16H28N2.C15H27N3/c1-15(2,3)12-10-13(16(4,5)6)18-14(11-12)17(7,8)9;1-14(2,3)11-10-12(15(4,5)6)18-13(17-11)16(7,8)9;1-13(2,3)10-16-11(14(4,5)6)18-12(17-10)15(7,8)9/h10-11H,1-9H3;10H,1-9H3;1-9H3. The highest BCUT2D eigenvalue weighted by Gasteiger charge is 2.30. The zero-order valence-corrected chi connectivity index (χ0v) is 40.4. The molecule has 0 saturated heterocycles. The van der Waals surface area contributed by atoms with E-state index in [0.29, 0.717) is 0 Å². The van der Waals surface area contributed by atoms with Gasteiger partial charge in [0.2, 0.25) is 0 Å². The summed E-state index contributed by atoms with van der Waals surface area (Å²) in [4.78, 5) is 28.4. The Bertz CT molecular complexity index is 1240. The van der Waals surface area contributed by atoms with Crippen LogP contribution in [0.25, 0.3) is 0 Å². The molecular weight excluding hydrogens is 661 g/mol. The summed E-state index contributed by atoms with van der Waals surface area (Å²) in [5.41, 5.74) is 6.35. The van der Waals surface area contributed by atoms with Crippen molar-refractivity contribution in [2.45, 2.75) is 236 Å². The molecule has 0 N–H and O–H groups in total. The van der Waals surface area contributed by atoms with Gasteiger partial charge in [0, 0.05) is 66.1 Å². The maximum absolute atomic E-state index is 4.89. The molecule has 0 aliphatic carbocycles. The largest absolute Gasteiger partial charge is 0.257 e. The monoisotopic (exact) mass is 745 g/mol. The van der Waals surface area contributed by atoms with Gasteiger partial charge in [-0.25, -0.2) is 24.9 Å². The Morgan fingerprint density at radius 2 is 0.426 bits per heavy atom. The number of rotatable bonds is 0. The number of aromatic nitrogens is 6. The van der Waals surface area contributed by atoms with E-state index in [0.717, 1.165) is 34.7 Å². The normalized spacial score (nSPS) is 13.8. The number of pyridine rings is 1. The molecule has 0 spiro atoms. The van der Waals surface area contributed by atoms with Gasteiger partial charge in [-0.1, -0.05) is 187 Å². The molecular formula is C48H84N6. The van der Waals surface area contributed by atoms with Crippen molar-refractivity contribution in [3.8, 4) is 0 Å². The van der Waals surface area contributed by atoms with E-state index in [-0.39, 0.29) is 48.7 Å². The van der Waals surface area contributed by atoms with Crippen molar-refractivity contribution in [1.82, 2.24) is 29.9 Å². The van der Waals surface area contributed by atoms with Crippen molar-refractivity contribution in [3.63, 3.8) is 0 Å². The molecule has 0 fully saturated rings. The number of hydrogen-bond acceptors (Lipinski definition) is 6. The van der Waals surface area contributed by atoms with Crippen LogP contribution in [-0.2, 0) is 48.7 Å². The van der Waals surface area contributed by atoms with Crippen molar-refractivity contribution in [2.75, 3.05) is 0 Å². The molecule has 0 aliphatic rings. The summed E-state index contributed by atoms with van der Waals surface area (Å²) in [5.74, 6) is 3.59. The maximum Gasteiger partial charge on any atom is 0.137 e. The molecule has 0 atom stereocenters. The fraction of sp³-hybridized carbons (Fsp3) is 0.750. The van der Waals surface area contributed by atoms with Crippen LogP contribution < -0.4 is 0 Å². The Hall–Kier alpha value is -2.76. The van der Waals surface area contributed by atoms with Gasteiger partial charge >= 0.3 is 0 Å². The SMILES string of the molecule is CC(C)(C)c1cc(C(C)(C)C)nc(C(C)(C)C)c1.CC(C)(C)c1cc(C(C)(C)C)nc(C(C)(C)C)n1.CC(C)(C)c1nc(C(C)(C)C)nc(C(C)(C)C)n1. The molecule has 0 amide bonds. The molecule has 3 aromatic rings. The molecule has 3 heterocycles. The van der Waals surface area contributed by atoms with Crippen molar-refractivity contribution in [2.24, 2.45) is 0 Å². The highest BCUT2D eigenvalue weighted by Crippen LogP contribution is 2.33. The lowest BCUT2D eigenvalue weighted by Crippen LogP contribution is -2.28. The van der Waals surface area contributed by atoms with Gasteiger partial charge in [-0.3, -0.25) is 4.98 Å². The average Bonchev–Trinajstić information content (AvgIpc) is 2.93. The highest BCUT2D eigenvalue weighted by atomic mass is 15.1. The average molecular weight is 745 g/mol. The summed E-state index contributed by atoms with van der Waals surface area (Å²) in [6, 6.07) is 6.71. The minimum atomic E-state index is -0.0526. The molecule has 6 nitrogen and oxygen atoms in total. The Balaban J connectivity index is 0.000000405. The third-order valence-corrected chi connectivity index (χ3v) is 8.81. The van der Waals surface area contributed by atoms with Gasteiger partial charge < -0.3 is 0 Å². The van der Waals surface area contributed by atoms with E-state index in [1.54, 1.807) is 0 Å². The Labute approximate surface area is 334 Å². The number of nitrogens with zero attached hydrogens (tertiary/aromatic N) is 6. The van der Waals surface area contributed by atoms with E-state index in [1.807, 2.05) is 0 Å². The van der Waals surface area contributed by atoms with E-state index in [2.05, 4.69) is 220 Å². The molecule has 0 unspecified atom stereocenters. The molecule has 0 bridgehead atoms. The van der Waals surface area contributed by atoms with E-state index in [4.69, 9.17) is 15.0 Å². The molecule has 0 radical (unpaired) electrons. The van der Waals surface area contributed by atoms with Gasteiger partial charge in [-0.2, -0.15) is 0 Å². The lowest BCUT2D eigenvalue weighted by Gasteiger charge is -2.28. The maximum atomic E-state index is 4.89. The second kappa shape index (κ2) is 16.0. The summed E-state index contributed by atoms with van der Waals surface area (Å²) in [5, 5.41) is 0. The minimum Gasteiger partial charge on any atom is -0.257 e. The van der Waals surface area contributed by atoms with Gasteiger partial charge in [-0.05, 0) is 29.2 Å². The summed E-state index contributed by atoms with van der Waals surface area (Å²) in [6.07, 6.45) is 0. The molecule has 0 saturated carbocycles. The Kier molecular flexibility index (Phi) is 14.6. The first-order valence-corrected chi connectivity index (χ1v) is 20.2. The van der Waals surface area contributed by atoms with E-state index >= 15 is 0 Å². The second-order valence-corrected chi connectivity index (χ2v) is 24.6. The molecule has 0 aliphatic heterocycles. The van der Waals surface area contributed by atoms with Crippen LogP contribution in [0, 0.1) is 0 Å². The molecule has 0 aromatic carbocycles. The van der Waals surface area contributed by atoms with Gasteiger partial charge in [0.1, 0.15) is 23.3 Å². The van der Waals surface area contributed by atoms with Crippen LogP contribution in [0.4, 0.5) is 0 Å². The van der Waals surface area contributed by atoms with Crippen LogP contribution in [0.2, 0.25) is 0 Å². The fourth-order valence-corrected chi connectivity index (χ4v) is 4.67. The first kappa shape index (κ1) is 49.3. The molecule has 306 valence electrons. The van der Waals surface area contributed by atoms with Gasteiger partial charge in [0.25, 0.3) is 0 Å². The summed E-state index contributed by atoms with van der Waals surface area (Å²) < 4.78 is 0. The zero-order valence-electron chi connectivity index (χ0n) is 40.4. The van der Waals surface area contributed by atoms with E-state index < -0.39 is 0 Å². The van der Waals surface area contributed by atoms with E-state index in [1.165, 1.54) is 17.0 Å². The third-order valence-electron chi connectivity index (χ3n) is 8.81. The van der Waals surface area contributed by atoms with Crippen LogP contribution in [0.15, 0.2) is 18.2 Å². The van der Waals surface area contributed by atoms with Crippen LogP contribution >= 0.6 is 0 Å². The molecule has 54 heavy (non-hydrogen) atoms. The Morgan fingerprint density at radius 3 is 0.611 bits per heavy atom. The number of hydrogen-bond donors (Lipinski definition) is 0. The minimum absolute atomic E-state index is 0.0126. The summed E-state index contributed by atoms with van der Waals surface area (Å²) in [7, 11) is 0. The van der Waals surface area contributed by atoms with Gasteiger partial charge in [0.15, 0.2) is 0 Å². The fourth-order valence-electron chi connectivity index (χ4n) is 4.67. The van der Waals surface area contributed by atoms with Gasteiger partial charge in [-0.15, -0.1) is 0 Å². The molecule has 3 aromatic heterocycles. The molecule has 6 heteroatoms. The lowest BCUT2D eigenvalue weighted by molar-refractivity contribution is 0.457. The Morgan fingerprint density at radius 1 is 0.222 bits per heavy atom. The van der Waals surface area contributed by atoms with Crippen LogP contribution in [0.3, 0.4) is 0 Å². The quantitative estimate of drug-likeness (QED) is 0.228. The topological polar surface area (TPSA) is 77.3 Å². The molecule has 3 rings (SSSR count). The van der Waals surface area contributed by atoms with E-state index in [9.17, 15) is 0 Å². The first-order chi connectivity index (χ1) is 23.4. The van der Waals surface area contributed by atoms with Crippen molar-refractivity contribution in [1.29, 1.82) is 0 Å². The lowest BCUT2D eigenvalue weighted by atomic mass is 9.80. The summed E-state index contributed by atoms with van der Waals surface area (Å²) >= 11 is 0. The highest BCUT2D eigenvalue weighted by molar-refractivity contribution is 5.33. The van der Waals surface area contributed by atoms with Crippen LogP contribution in [-0.4, -0.2) is 29.9 Å². The first-order valence-electron chi connectivity index (χ1n) is 20.2. The predicted molar refractivity (Wildman–Crippen MR) is 234 cm³/mol. The second-order valence-electron chi connectivity index (χ2n) is 24.6. The van der Waals surface area contributed by atoms with Crippen LogP contribution in [0.1, 0.15) is 239 Å². The predicted octanol–water partition coefficient (Wildman–Crippen LogP) is 13.1. The van der Waals surface area contributed by atoms with Crippen molar-refractivity contribution in [3.05, 3.63) is 69.8 Å². The summed E-state index contributed by atoms with van der Waals surface area (Å²) in [6.45, 7) is 59.2.